The SMILES string of the molecule is CC(C)(CN)Nc1cccnc1C#N. The molecule has 1 heterocycles. The molecule has 0 radical (unpaired) electrons. The van der Waals surface area contributed by atoms with Crippen LogP contribution in [0.1, 0.15) is 19.5 Å². The molecule has 0 aliphatic rings. The smallest absolute Gasteiger partial charge is 0.163 e. The molecular formula is C10H14N4. The van der Waals surface area contributed by atoms with Gasteiger partial charge in [-0.2, -0.15) is 5.26 Å². The first-order chi connectivity index (χ1) is 6.59. The second kappa shape index (κ2) is 4.07. The number of pyridine rings is 1. The van der Waals surface area contributed by atoms with Crippen LogP contribution in [0.3, 0.4) is 0 Å². The predicted molar refractivity (Wildman–Crippen MR) is 55.7 cm³/mol. The van der Waals surface area contributed by atoms with Gasteiger partial charge in [-0.15, -0.1) is 0 Å². The van der Waals surface area contributed by atoms with E-state index in [-0.39, 0.29) is 5.54 Å². The van der Waals surface area contributed by atoms with Gasteiger partial charge in [0, 0.05) is 18.3 Å². The zero-order valence-electron chi connectivity index (χ0n) is 8.41. The third-order valence-corrected chi connectivity index (χ3v) is 1.90. The summed E-state index contributed by atoms with van der Waals surface area (Å²) >= 11 is 0. The van der Waals surface area contributed by atoms with Crippen molar-refractivity contribution >= 4 is 5.69 Å². The summed E-state index contributed by atoms with van der Waals surface area (Å²) < 4.78 is 0. The summed E-state index contributed by atoms with van der Waals surface area (Å²) in [5, 5.41) is 12.0. The van der Waals surface area contributed by atoms with Gasteiger partial charge in [0.15, 0.2) is 5.69 Å². The number of nitrogens with two attached hydrogens (primary N) is 1. The molecule has 0 bridgehead atoms. The summed E-state index contributed by atoms with van der Waals surface area (Å²) in [5.74, 6) is 0. The van der Waals surface area contributed by atoms with E-state index in [9.17, 15) is 0 Å². The molecule has 0 atom stereocenters. The Labute approximate surface area is 83.8 Å². The van der Waals surface area contributed by atoms with Gasteiger partial charge in [0.25, 0.3) is 0 Å². The second-order valence-corrected chi connectivity index (χ2v) is 3.72. The lowest BCUT2D eigenvalue weighted by atomic mass is 10.1. The number of rotatable bonds is 3. The Hall–Kier alpha value is -1.60. The number of aromatic nitrogens is 1. The molecule has 1 rings (SSSR count). The Bertz CT molecular complexity index is 351. The highest BCUT2D eigenvalue weighted by Gasteiger charge is 2.16. The van der Waals surface area contributed by atoms with Gasteiger partial charge in [-0.05, 0) is 26.0 Å². The zero-order chi connectivity index (χ0) is 10.6. The van der Waals surface area contributed by atoms with E-state index in [0.29, 0.717) is 12.2 Å². The van der Waals surface area contributed by atoms with Crippen LogP contribution in [-0.4, -0.2) is 17.1 Å². The third-order valence-electron chi connectivity index (χ3n) is 1.90. The summed E-state index contributed by atoms with van der Waals surface area (Å²) in [7, 11) is 0. The Kier molecular flexibility index (Phi) is 3.05. The topological polar surface area (TPSA) is 74.7 Å². The minimum absolute atomic E-state index is 0.228. The maximum atomic E-state index is 8.80. The van der Waals surface area contributed by atoms with Crippen molar-refractivity contribution in [1.29, 1.82) is 5.26 Å². The molecule has 4 heteroatoms. The molecule has 0 aliphatic heterocycles. The van der Waals surface area contributed by atoms with Gasteiger partial charge < -0.3 is 11.1 Å². The number of nitrogens with zero attached hydrogens (tertiary/aromatic N) is 2. The Morgan fingerprint density at radius 2 is 2.36 bits per heavy atom. The van der Waals surface area contributed by atoms with Crippen LogP contribution in [0.5, 0.6) is 0 Å². The second-order valence-electron chi connectivity index (χ2n) is 3.72. The molecule has 0 saturated carbocycles. The van der Waals surface area contributed by atoms with Crippen molar-refractivity contribution < 1.29 is 0 Å². The van der Waals surface area contributed by atoms with Gasteiger partial charge in [0.1, 0.15) is 6.07 Å². The largest absolute Gasteiger partial charge is 0.377 e. The highest BCUT2D eigenvalue weighted by molar-refractivity contribution is 5.54. The molecule has 0 aliphatic carbocycles. The standard InChI is InChI=1S/C10H14N4/c1-10(2,7-12)14-8-4-3-5-13-9(8)6-11/h3-5,14H,7,12H2,1-2H3. The summed E-state index contributed by atoms with van der Waals surface area (Å²) in [5.41, 5.74) is 6.48. The van der Waals surface area contributed by atoms with Gasteiger partial charge in [-0.25, -0.2) is 4.98 Å². The average molecular weight is 190 g/mol. The van der Waals surface area contributed by atoms with Crippen molar-refractivity contribution in [1.82, 2.24) is 4.98 Å². The molecule has 74 valence electrons. The van der Waals surface area contributed by atoms with Crippen LogP contribution >= 0.6 is 0 Å². The van der Waals surface area contributed by atoms with E-state index in [1.54, 1.807) is 12.3 Å². The number of hydrogen-bond donors (Lipinski definition) is 2. The zero-order valence-corrected chi connectivity index (χ0v) is 8.41. The molecule has 4 nitrogen and oxygen atoms in total. The molecule has 0 saturated heterocycles. The average Bonchev–Trinajstić information content (AvgIpc) is 2.18. The van der Waals surface area contributed by atoms with Crippen LogP contribution < -0.4 is 11.1 Å². The van der Waals surface area contributed by atoms with Crippen LogP contribution in [0.4, 0.5) is 5.69 Å². The normalized spacial score (nSPS) is 10.7. The maximum Gasteiger partial charge on any atom is 0.163 e. The van der Waals surface area contributed by atoms with E-state index in [1.807, 2.05) is 26.0 Å². The van der Waals surface area contributed by atoms with E-state index in [4.69, 9.17) is 11.0 Å². The highest BCUT2D eigenvalue weighted by Crippen LogP contribution is 2.16. The third kappa shape index (κ3) is 2.44. The summed E-state index contributed by atoms with van der Waals surface area (Å²) in [4.78, 5) is 3.95. The molecule has 0 aromatic carbocycles. The Morgan fingerprint density at radius 1 is 1.64 bits per heavy atom. The lowest BCUT2D eigenvalue weighted by Crippen LogP contribution is -2.39. The van der Waals surface area contributed by atoms with Crippen LogP contribution in [0.2, 0.25) is 0 Å². The van der Waals surface area contributed by atoms with Crippen molar-refractivity contribution in [3.8, 4) is 6.07 Å². The molecule has 14 heavy (non-hydrogen) atoms. The van der Waals surface area contributed by atoms with Crippen LogP contribution in [-0.2, 0) is 0 Å². The van der Waals surface area contributed by atoms with Crippen LogP contribution in [0, 0.1) is 11.3 Å². The minimum Gasteiger partial charge on any atom is -0.377 e. The molecule has 0 spiro atoms. The van der Waals surface area contributed by atoms with Gasteiger partial charge in [0.05, 0.1) is 5.69 Å². The number of nitrogens with one attached hydrogen (secondary N) is 1. The van der Waals surface area contributed by atoms with Crippen molar-refractivity contribution in [3.05, 3.63) is 24.0 Å². The van der Waals surface area contributed by atoms with Crippen molar-refractivity contribution in [2.45, 2.75) is 19.4 Å². The minimum atomic E-state index is -0.228. The van der Waals surface area contributed by atoms with Crippen LogP contribution in [0.25, 0.3) is 0 Å². The molecule has 3 N–H and O–H groups in total. The van der Waals surface area contributed by atoms with Crippen molar-refractivity contribution in [3.63, 3.8) is 0 Å². The first-order valence-electron chi connectivity index (χ1n) is 4.42. The van der Waals surface area contributed by atoms with E-state index in [0.717, 1.165) is 5.69 Å². The maximum absolute atomic E-state index is 8.80. The molecule has 0 unspecified atom stereocenters. The van der Waals surface area contributed by atoms with E-state index < -0.39 is 0 Å². The number of nitriles is 1. The van der Waals surface area contributed by atoms with Crippen molar-refractivity contribution in [2.24, 2.45) is 5.73 Å². The van der Waals surface area contributed by atoms with Crippen LogP contribution in [0.15, 0.2) is 18.3 Å². The number of hydrogen-bond acceptors (Lipinski definition) is 4. The molecule has 0 amide bonds. The van der Waals surface area contributed by atoms with E-state index >= 15 is 0 Å². The molecule has 0 fully saturated rings. The number of anilines is 1. The molecule has 1 aromatic rings. The summed E-state index contributed by atoms with van der Waals surface area (Å²) in [6.45, 7) is 4.44. The van der Waals surface area contributed by atoms with Gasteiger partial charge in [-0.3, -0.25) is 0 Å². The fourth-order valence-electron chi connectivity index (χ4n) is 1.01. The molecule has 1 aromatic heterocycles. The predicted octanol–water partition coefficient (Wildman–Crippen LogP) is 1.10. The first kappa shape index (κ1) is 10.5. The van der Waals surface area contributed by atoms with Gasteiger partial charge >= 0.3 is 0 Å². The monoisotopic (exact) mass is 190 g/mol. The van der Waals surface area contributed by atoms with E-state index in [1.165, 1.54) is 0 Å². The Morgan fingerprint density at radius 3 is 2.93 bits per heavy atom. The fourth-order valence-corrected chi connectivity index (χ4v) is 1.01. The van der Waals surface area contributed by atoms with E-state index in [2.05, 4.69) is 10.3 Å². The first-order valence-corrected chi connectivity index (χ1v) is 4.42. The summed E-state index contributed by atoms with van der Waals surface area (Å²) in [6, 6.07) is 5.64. The van der Waals surface area contributed by atoms with Gasteiger partial charge in [0.2, 0.25) is 0 Å². The van der Waals surface area contributed by atoms with Gasteiger partial charge in [-0.1, -0.05) is 0 Å². The highest BCUT2D eigenvalue weighted by atomic mass is 15.0. The summed E-state index contributed by atoms with van der Waals surface area (Å²) in [6.07, 6.45) is 1.60. The molecular weight excluding hydrogens is 176 g/mol. The fraction of sp³-hybridized carbons (Fsp3) is 0.400. The lowest BCUT2D eigenvalue weighted by molar-refractivity contribution is 0.579. The lowest BCUT2D eigenvalue weighted by Gasteiger charge is -2.25. The Balaban J connectivity index is 2.92. The quantitative estimate of drug-likeness (QED) is 0.748. The van der Waals surface area contributed by atoms with Crippen molar-refractivity contribution in [2.75, 3.05) is 11.9 Å².